The molecule has 4 aromatic rings. The second kappa shape index (κ2) is 14.3. The van der Waals surface area contributed by atoms with Crippen molar-refractivity contribution in [3.8, 4) is 11.1 Å². The van der Waals surface area contributed by atoms with E-state index in [1.165, 1.54) is 0 Å². The van der Waals surface area contributed by atoms with Gasteiger partial charge in [0.15, 0.2) is 0 Å². The van der Waals surface area contributed by atoms with Gasteiger partial charge in [0.25, 0.3) is 5.56 Å². The van der Waals surface area contributed by atoms with Crippen molar-refractivity contribution in [1.82, 2.24) is 25.6 Å². The molecule has 7 N–H and O–H groups in total. The molecule has 2 aliphatic carbocycles. The fourth-order valence-electron chi connectivity index (χ4n) is 6.38. The van der Waals surface area contributed by atoms with Gasteiger partial charge in [-0.25, -0.2) is 17.9 Å². The van der Waals surface area contributed by atoms with Crippen molar-refractivity contribution in [3.63, 3.8) is 0 Å². The van der Waals surface area contributed by atoms with E-state index in [1.807, 2.05) is 31.2 Å². The van der Waals surface area contributed by atoms with Gasteiger partial charge < -0.3 is 21.1 Å². The highest BCUT2D eigenvalue weighted by atomic mass is 32.2. The summed E-state index contributed by atoms with van der Waals surface area (Å²) >= 11 is 0. The standard InChI is InChI=1S/C35H40N6O7S/c1-20-16-27(49(47,48)41-25-10-11-25)13-15-28(20)23-6-2-21(3-7-23)17-31(34(44)37-26-12-14-29-30(18-26)39-40-33(29)43)38-32(42)24-8-4-22(5-9-24)19-36-35(45)46/h2-3,6-7,12-16,18,22,24-25,31,36,41H,4-5,8-11,17,19H2,1H3,(H,37,44)(H,38,42)(H,45,46)(H2,39,40,43)/t22-,24-,31-/m0/s1. The van der Waals surface area contributed by atoms with Crippen LogP contribution in [-0.4, -0.2) is 60.3 Å². The van der Waals surface area contributed by atoms with Crippen LogP contribution in [0.3, 0.4) is 0 Å². The van der Waals surface area contributed by atoms with Gasteiger partial charge in [-0.2, -0.15) is 0 Å². The Morgan fingerprint density at radius 1 is 0.918 bits per heavy atom. The van der Waals surface area contributed by atoms with Gasteiger partial charge in [-0.3, -0.25) is 24.6 Å². The number of aromatic nitrogens is 2. The molecule has 3 amide bonds. The smallest absolute Gasteiger partial charge is 0.404 e. The molecule has 2 saturated carbocycles. The number of hydrogen-bond acceptors (Lipinski definition) is 6. The minimum absolute atomic E-state index is 0.0182. The Morgan fingerprint density at radius 2 is 1.65 bits per heavy atom. The fourth-order valence-corrected chi connectivity index (χ4v) is 7.77. The molecule has 3 aromatic carbocycles. The number of amides is 3. The maximum atomic E-state index is 13.7. The molecule has 49 heavy (non-hydrogen) atoms. The van der Waals surface area contributed by atoms with E-state index < -0.39 is 28.1 Å². The average Bonchev–Trinajstić information content (AvgIpc) is 3.82. The molecule has 258 valence electrons. The number of carboxylic acid groups (broad SMARTS) is 1. The van der Waals surface area contributed by atoms with E-state index in [0.29, 0.717) is 48.8 Å². The van der Waals surface area contributed by atoms with Crippen molar-refractivity contribution in [2.45, 2.75) is 68.8 Å². The van der Waals surface area contributed by atoms with Gasteiger partial charge in [-0.05, 0) is 104 Å². The highest BCUT2D eigenvalue weighted by Gasteiger charge is 2.31. The maximum absolute atomic E-state index is 13.7. The quantitative estimate of drug-likeness (QED) is 0.116. The van der Waals surface area contributed by atoms with Crippen LogP contribution in [0, 0.1) is 18.8 Å². The van der Waals surface area contributed by atoms with Gasteiger partial charge in [-0.1, -0.05) is 30.3 Å². The molecule has 13 nitrogen and oxygen atoms in total. The first-order valence-corrected chi connectivity index (χ1v) is 17.9. The van der Waals surface area contributed by atoms with Crippen LogP contribution in [0.5, 0.6) is 0 Å². The van der Waals surface area contributed by atoms with Crippen molar-refractivity contribution < 1.29 is 27.9 Å². The summed E-state index contributed by atoms with van der Waals surface area (Å²) in [7, 11) is -3.57. The Kier molecular flexibility index (Phi) is 9.88. The first-order valence-electron chi connectivity index (χ1n) is 16.5. The highest BCUT2D eigenvalue weighted by Crippen LogP contribution is 2.30. The van der Waals surface area contributed by atoms with Crippen molar-refractivity contribution in [2.24, 2.45) is 11.8 Å². The Balaban J connectivity index is 1.16. The van der Waals surface area contributed by atoms with Gasteiger partial charge in [0.1, 0.15) is 6.04 Å². The molecule has 1 atom stereocenters. The minimum atomic E-state index is -3.57. The Labute approximate surface area is 283 Å². The summed E-state index contributed by atoms with van der Waals surface area (Å²) in [5, 5.41) is 22.9. The summed E-state index contributed by atoms with van der Waals surface area (Å²) in [6.45, 7) is 2.22. The predicted molar refractivity (Wildman–Crippen MR) is 185 cm³/mol. The SMILES string of the molecule is Cc1cc(S(=O)(=O)NC2CC2)ccc1-c1ccc(C[C@H](NC(=O)[C@H]2CC[C@H](CNC(=O)O)CC2)C(=O)Nc2ccc3c(=O)[nH][nH]c3c2)cc1. The molecule has 1 heterocycles. The number of rotatable bonds is 12. The zero-order valence-electron chi connectivity index (χ0n) is 27.0. The van der Waals surface area contributed by atoms with E-state index >= 15 is 0 Å². The molecule has 1 aromatic heterocycles. The second-order valence-corrected chi connectivity index (χ2v) is 14.8. The van der Waals surface area contributed by atoms with Crippen LogP contribution in [0.1, 0.15) is 49.7 Å². The van der Waals surface area contributed by atoms with Gasteiger partial charge in [0, 0.05) is 30.6 Å². The van der Waals surface area contributed by atoms with Gasteiger partial charge in [-0.15, -0.1) is 0 Å². The Hall–Kier alpha value is -4.95. The topological polar surface area (TPSA) is 202 Å². The lowest BCUT2D eigenvalue weighted by Crippen LogP contribution is -2.48. The highest BCUT2D eigenvalue weighted by molar-refractivity contribution is 7.89. The van der Waals surface area contributed by atoms with Gasteiger partial charge >= 0.3 is 6.09 Å². The number of anilines is 1. The third-order valence-corrected chi connectivity index (χ3v) is 10.9. The summed E-state index contributed by atoms with van der Waals surface area (Å²) in [5.41, 5.74) is 4.11. The predicted octanol–water partition coefficient (Wildman–Crippen LogP) is 4.01. The van der Waals surface area contributed by atoms with Crippen molar-refractivity contribution in [1.29, 1.82) is 0 Å². The van der Waals surface area contributed by atoms with E-state index in [2.05, 4.69) is 30.9 Å². The number of H-pyrrole nitrogens is 2. The van der Waals surface area contributed by atoms with Crippen LogP contribution in [0.2, 0.25) is 0 Å². The van der Waals surface area contributed by atoms with E-state index in [4.69, 9.17) is 5.11 Å². The zero-order chi connectivity index (χ0) is 34.7. The second-order valence-electron chi connectivity index (χ2n) is 13.1. The minimum Gasteiger partial charge on any atom is -0.465 e. The number of fused-ring (bicyclic) bond motifs is 1. The van der Waals surface area contributed by atoms with E-state index in [9.17, 15) is 27.6 Å². The van der Waals surface area contributed by atoms with Crippen LogP contribution in [0.15, 0.2) is 70.4 Å². The third-order valence-electron chi connectivity index (χ3n) is 9.35. The van der Waals surface area contributed by atoms with Gasteiger partial charge in [0.05, 0.1) is 15.8 Å². The van der Waals surface area contributed by atoms with E-state index in [-0.39, 0.29) is 40.7 Å². The van der Waals surface area contributed by atoms with Crippen LogP contribution in [0.25, 0.3) is 22.0 Å². The monoisotopic (exact) mass is 688 g/mol. The summed E-state index contributed by atoms with van der Waals surface area (Å²) in [6, 6.07) is 16.7. The number of carbonyl (C=O) groups is 3. The molecular weight excluding hydrogens is 648 g/mol. The number of sulfonamides is 1. The molecule has 0 spiro atoms. The van der Waals surface area contributed by atoms with E-state index in [1.54, 1.807) is 36.4 Å². The first-order chi connectivity index (χ1) is 23.4. The van der Waals surface area contributed by atoms with Crippen molar-refractivity contribution >= 4 is 44.5 Å². The first kappa shape index (κ1) is 33.9. The molecule has 2 aliphatic rings. The largest absolute Gasteiger partial charge is 0.465 e. The van der Waals surface area contributed by atoms with Crippen LogP contribution in [-0.2, 0) is 26.0 Å². The molecule has 0 radical (unpaired) electrons. The van der Waals surface area contributed by atoms with Gasteiger partial charge in [0.2, 0.25) is 21.8 Å². The lowest BCUT2D eigenvalue weighted by Gasteiger charge is -2.29. The summed E-state index contributed by atoms with van der Waals surface area (Å²) in [6.07, 6.45) is 3.45. The summed E-state index contributed by atoms with van der Waals surface area (Å²) in [4.78, 5) is 50.2. The van der Waals surface area contributed by atoms with Crippen molar-refractivity contribution in [3.05, 3.63) is 82.1 Å². The Morgan fingerprint density at radius 3 is 2.33 bits per heavy atom. The number of nitrogens with one attached hydrogen (secondary N) is 6. The van der Waals surface area contributed by atoms with Crippen molar-refractivity contribution in [2.75, 3.05) is 11.9 Å². The maximum Gasteiger partial charge on any atom is 0.404 e. The summed E-state index contributed by atoms with van der Waals surface area (Å²) < 4.78 is 28.1. The molecule has 14 heteroatoms. The Bertz CT molecular complexity index is 2030. The lowest BCUT2D eigenvalue weighted by molar-refractivity contribution is -0.130. The molecule has 2 fully saturated rings. The third kappa shape index (κ3) is 8.38. The van der Waals surface area contributed by atoms with Crippen LogP contribution >= 0.6 is 0 Å². The lowest BCUT2D eigenvalue weighted by atomic mass is 9.81. The molecule has 0 unspecified atom stereocenters. The number of hydrogen-bond donors (Lipinski definition) is 7. The van der Waals surface area contributed by atoms with Crippen LogP contribution < -0.4 is 26.2 Å². The summed E-state index contributed by atoms with van der Waals surface area (Å²) in [5.74, 6) is -0.777. The fraction of sp³-hybridized carbons (Fsp3) is 0.371. The molecule has 0 aliphatic heterocycles. The molecule has 0 bridgehead atoms. The number of benzene rings is 3. The molecular formula is C35H40N6O7S. The van der Waals surface area contributed by atoms with Crippen LogP contribution in [0.4, 0.5) is 10.5 Å². The number of aromatic amines is 2. The normalized spacial score (nSPS) is 18.5. The average molecular weight is 689 g/mol. The molecule has 0 saturated heterocycles. The molecule has 6 rings (SSSR count). The number of carbonyl (C=O) groups excluding carboxylic acids is 2. The zero-order valence-corrected chi connectivity index (χ0v) is 27.9. The van der Waals surface area contributed by atoms with E-state index in [0.717, 1.165) is 35.1 Å². The number of aryl methyl sites for hydroxylation is 1.